The molecule has 1 aliphatic rings. The molecule has 4 nitrogen and oxygen atoms in total. The molecule has 0 bridgehead atoms. The third-order valence-electron chi connectivity index (χ3n) is 3.39. The maximum absolute atomic E-state index is 13.2. The summed E-state index contributed by atoms with van der Waals surface area (Å²) in [5.74, 6) is 0.742. The summed E-state index contributed by atoms with van der Waals surface area (Å²) in [7, 11) is 0. The fraction of sp³-hybridized carbons (Fsp3) is 0.429. The second-order valence-electron chi connectivity index (χ2n) is 4.82. The van der Waals surface area contributed by atoms with Crippen molar-refractivity contribution in [3.8, 4) is 11.5 Å². The van der Waals surface area contributed by atoms with Gasteiger partial charge in [-0.3, -0.25) is 0 Å². The van der Waals surface area contributed by atoms with Crippen LogP contribution in [-0.2, 0) is 0 Å². The summed E-state index contributed by atoms with van der Waals surface area (Å²) in [6, 6.07) is 6.35. The average Bonchev–Trinajstić information content (AvgIpc) is 2.75. The zero-order chi connectivity index (χ0) is 13.1. The topological polar surface area (TPSA) is 51.0 Å². The summed E-state index contributed by atoms with van der Waals surface area (Å²) < 4.78 is 18.4. The quantitative estimate of drug-likeness (QED) is 0.902. The van der Waals surface area contributed by atoms with Gasteiger partial charge in [0, 0.05) is 5.56 Å². The molecule has 19 heavy (non-hydrogen) atoms. The highest BCUT2D eigenvalue weighted by atomic mass is 19.1. The van der Waals surface area contributed by atoms with Gasteiger partial charge in [-0.15, -0.1) is 0 Å². The van der Waals surface area contributed by atoms with Crippen LogP contribution in [0, 0.1) is 5.82 Å². The zero-order valence-electron chi connectivity index (χ0n) is 10.6. The maximum atomic E-state index is 13.2. The smallest absolute Gasteiger partial charge is 0.258 e. The van der Waals surface area contributed by atoms with Crippen LogP contribution in [0.4, 0.5) is 4.39 Å². The molecule has 1 unspecified atom stereocenters. The van der Waals surface area contributed by atoms with Gasteiger partial charge in [-0.25, -0.2) is 4.39 Å². The van der Waals surface area contributed by atoms with Crippen molar-refractivity contribution in [2.24, 2.45) is 0 Å². The minimum atomic E-state index is -0.301. The maximum Gasteiger partial charge on any atom is 0.258 e. The van der Waals surface area contributed by atoms with Gasteiger partial charge < -0.3 is 9.84 Å². The first-order valence-electron chi connectivity index (χ1n) is 6.66. The second-order valence-corrected chi connectivity index (χ2v) is 4.82. The first-order valence-corrected chi connectivity index (χ1v) is 6.66. The highest BCUT2D eigenvalue weighted by Gasteiger charge is 2.20. The van der Waals surface area contributed by atoms with Crippen molar-refractivity contribution in [3.05, 3.63) is 35.9 Å². The lowest BCUT2D eigenvalue weighted by Gasteiger charge is -2.09. The molecule has 0 aliphatic carbocycles. The standard InChI is InChI=1S/C14H16FN3O/c15-11-6-4-5-10(9-11)14-17-13(18-19-14)12-7-2-1-3-8-16-12/h4-6,9,12,16H,1-3,7-8H2. The minimum Gasteiger partial charge on any atom is -0.334 e. The Balaban J connectivity index is 1.82. The molecular formula is C14H16FN3O. The van der Waals surface area contributed by atoms with Gasteiger partial charge in [0.25, 0.3) is 5.89 Å². The van der Waals surface area contributed by atoms with Gasteiger partial charge in [-0.1, -0.05) is 24.1 Å². The van der Waals surface area contributed by atoms with Crippen LogP contribution in [0.2, 0.25) is 0 Å². The number of rotatable bonds is 2. The zero-order valence-corrected chi connectivity index (χ0v) is 10.6. The lowest BCUT2D eigenvalue weighted by Crippen LogP contribution is -2.21. The van der Waals surface area contributed by atoms with E-state index < -0.39 is 0 Å². The molecule has 1 atom stereocenters. The van der Waals surface area contributed by atoms with Crippen molar-refractivity contribution in [1.29, 1.82) is 0 Å². The molecule has 5 heteroatoms. The number of nitrogens with zero attached hydrogens (tertiary/aromatic N) is 2. The second kappa shape index (κ2) is 5.48. The van der Waals surface area contributed by atoms with Crippen LogP contribution in [0.1, 0.15) is 37.5 Å². The van der Waals surface area contributed by atoms with E-state index in [4.69, 9.17) is 4.52 Å². The van der Waals surface area contributed by atoms with Crippen LogP contribution >= 0.6 is 0 Å². The molecule has 100 valence electrons. The van der Waals surface area contributed by atoms with E-state index in [1.807, 2.05) is 0 Å². The lowest BCUT2D eigenvalue weighted by atomic mass is 10.1. The fourth-order valence-corrected chi connectivity index (χ4v) is 2.36. The van der Waals surface area contributed by atoms with Crippen LogP contribution in [-0.4, -0.2) is 16.7 Å². The number of hydrogen-bond donors (Lipinski definition) is 1. The van der Waals surface area contributed by atoms with Crippen LogP contribution in [0.25, 0.3) is 11.5 Å². The van der Waals surface area contributed by atoms with Crippen LogP contribution in [0.15, 0.2) is 28.8 Å². The number of nitrogens with one attached hydrogen (secondary N) is 1. The highest BCUT2D eigenvalue weighted by molar-refractivity contribution is 5.52. The Morgan fingerprint density at radius 1 is 1.26 bits per heavy atom. The SMILES string of the molecule is Fc1cccc(-c2nc(C3CCCCCN3)no2)c1. The van der Waals surface area contributed by atoms with Crippen molar-refractivity contribution in [2.45, 2.75) is 31.7 Å². The fourth-order valence-electron chi connectivity index (χ4n) is 2.36. The Labute approximate surface area is 111 Å². The molecule has 0 amide bonds. The molecule has 1 saturated heterocycles. The molecule has 1 aromatic carbocycles. The van der Waals surface area contributed by atoms with Gasteiger partial charge in [0.2, 0.25) is 0 Å². The predicted octanol–water partition coefficient (Wildman–Crippen LogP) is 3.08. The molecule has 3 rings (SSSR count). The molecule has 1 aromatic heterocycles. The third kappa shape index (κ3) is 2.81. The third-order valence-corrected chi connectivity index (χ3v) is 3.39. The first kappa shape index (κ1) is 12.3. The van der Waals surface area contributed by atoms with Crippen LogP contribution in [0.5, 0.6) is 0 Å². The molecule has 0 spiro atoms. The van der Waals surface area contributed by atoms with Gasteiger partial charge in [0.15, 0.2) is 5.82 Å². The highest BCUT2D eigenvalue weighted by Crippen LogP contribution is 2.24. The largest absolute Gasteiger partial charge is 0.334 e. The molecule has 1 N–H and O–H groups in total. The molecule has 2 aromatic rings. The van der Waals surface area contributed by atoms with E-state index in [0.29, 0.717) is 17.3 Å². The van der Waals surface area contributed by atoms with Gasteiger partial charge in [0.05, 0.1) is 6.04 Å². The minimum absolute atomic E-state index is 0.147. The molecule has 0 saturated carbocycles. The molecule has 2 heterocycles. The number of benzene rings is 1. The molecule has 1 aliphatic heterocycles. The van der Waals surface area contributed by atoms with Gasteiger partial charge in [-0.05, 0) is 37.6 Å². The van der Waals surface area contributed by atoms with Crippen molar-refractivity contribution in [3.63, 3.8) is 0 Å². The Kier molecular flexibility index (Phi) is 3.55. The number of halogens is 1. The van der Waals surface area contributed by atoms with E-state index in [2.05, 4.69) is 15.5 Å². The van der Waals surface area contributed by atoms with E-state index in [0.717, 1.165) is 13.0 Å². The van der Waals surface area contributed by atoms with E-state index in [1.165, 1.54) is 31.4 Å². The van der Waals surface area contributed by atoms with Crippen molar-refractivity contribution in [2.75, 3.05) is 6.54 Å². The first-order chi connectivity index (χ1) is 9.33. The van der Waals surface area contributed by atoms with Crippen molar-refractivity contribution in [1.82, 2.24) is 15.5 Å². The summed E-state index contributed by atoms with van der Waals surface area (Å²) in [6.07, 6.45) is 4.60. The summed E-state index contributed by atoms with van der Waals surface area (Å²) in [5, 5.41) is 7.43. The number of aromatic nitrogens is 2. The van der Waals surface area contributed by atoms with E-state index >= 15 is 0 Å². The predicted molar refractivity (Wildman–Crippen MR) is 68.9 cm³/mol. The Hall–Kier alpha value is -1.75. The normalized spacial score (nSPS) is 20.2. The van der Waals surface area contributed by atoms with Crippen LogP contribution in [0.3, 0.4) is 0 Å². The summed E-state index contributed by atoms with van der Waals surface area (Å²) in [6.45, 7) is 0.981. The van der Waals surface area contributed by atoms with Crippen LogP contribution < -0.4 is 5.32 Å². The monoisotopic (exact) mass is 261 g/mol. The Bertz CT molecular complexity index is 547. The molecule has 1 fully saturated rings. The summed E-state index contributed by atoms with van der Waals surface area (Å²) in [4.78, 5) is 4.38. The molecular weight excluding hydrogens is 245 g/mol. The molecule has 0 radical (unpaired) electrons. The van der Waals surface area contributed by atoms with Gasteiger partial charge >= 0.3 is 0 Å². The number of hydrogen-bond acceptors (Lipinski definition) is 4. The lowest BCUT2D eigenvalue weighted by molar-refractivity contribution is 0.402. The van der Waals surface area contributed by atoms with E-state index in [-0.39, 0.29) is 11.9 Å². The van der Waals surface area contributed by atoms with Crippen molar-refractivity contribution < 1.29 is 8.91 Å². The van der Waals surface area contributed by atoms with Crippen molar-refractivity contribution >= 4 is 0 Å². The van der Waals surface area contributed by atoms with Gasteiger partial charge in [-0.2, -0.15) is 4.98 Å². The summed E-state index contributed by atoms with van der Waals surface area (Å²) >= 11 is 0. The average molecular weight is 261 g/mol. The van der Waals surface area contributed by atoms with E-state index in [9.17, 15) is 4.39 Å². The van der Waals surface area contributed by atoms with E-state index in [1.54, 1.807) is 12.1 Å². The Morgan fingerprint density at radius 2 is 2.21 bits per heavy atom. The Morgan fingerprint density at radius 3 is 3.11 bits per heavy atom. The summed E-state index contributed by atoms with van der Waals surface area (Å²) in [5.41, 5.74) is 0.618. The van der Waals surface area contributed by atoms with Gasteiger partial charge in [0.1, 0.15) is 5.82 Å².